The van der Waals surface area contributed by atoms with E-state index in [1.165, 1.54) is 5.56 Å². The van der Waals surface area contributed by atoms with Crippen molar-refractivity contribution in [3.8, 4) is 11.5 Å². The number of primary amides is 1. The van der Waals surface area contributed by atoms with Gasteiger partial charge in [0.05, 0.1) is 0 Å². The van der Waals surface area contributed by atoms with E-state index in [1.54, 1.807) is 0 Å². The van der Waals surface area contributed by atoms with E-state index < -0.39 is 11.3 Å². The van der Waals surface area contributed by atoms with Gasteiger partial charge in [0.2, 0.25) is 18.6 Å². The van der Waals surface area contributed by atoms with Crippen LogP contribution in [0.4, 0.5) is 0 Å². The first-order valence-electron chi connectivity index (χ1n) is 11.0. The number of hydrogen-bond donors (Lipinski definition) is 1. The molecule has 4 aliphatic rings. The average Bonchev–Trinajstić information content (AvgIpc) is 3.46. The molecule has 2 N–H and O–H groups in total. The molecule has 3 aliphatic heterocycles. The van der Waals surface area contributed by atoms with Crippen molar-refractivity contribution >= 4 is 11.8 Å². The minimum atomic E-state index is -0.898. The number of fused-ring (bicyclic) bond motifs is 1. The molecule has 8 nitrogen and oxygen atoms in total. The maximum absolute atomic E-state index is 12.9. The predicted octanol–water partition coefficient (Wildman–Crippen LogP) is 0.789. The lowest BCUT2D eigenvalue weighted by atomic mass is 9.98. The largest absolute Gasteiger partial charge is 0.454 e. The Labute approximate surface area is 176 Å². The minimum Gasteiger partial charge on any atom is -0.454 e. The van der Waals surface area contributed by atoms with Gasteiger partial charge in [0.25, 0.3) is 0 Å². The molecular formula is C22H30N4O4. The molecule has 162 valence electrons. The van der Waals surface area contributed by atoms with Crippen LogP contribution >= 0.6 is 0 Å². The van der Waals surface area contributed by atoms with E-state index in [-0.39, 0.29) is 5.91 Å². The summed E-state index contributed by atoms with van der Waals surface area (Å²) in [6.45, 7) is 6.68. The highest BCUT2D eigenvalue weighted by molar-refractivity contribution is 6.07. The van der Waals surface area contributed by atoms with E-state index in [1.807, 2.05) is 11.0 Å². The Kier molecular flexibility index (Phi) is 5.06. The van der Waals surface area contributed by atoms with Gasteiger partial charge in [0.1, 0.15) is 5.41 Å². The van der Waals surface area contributed by atoms with E-state index in [0.29, 0.717) is 25.7 Å². The molecule has 8 heteroatoms. The monoisotopic (exact) mass is 414 g/mol. The van der Waals surface area contributed by atoms with E-state index >= 15 is 0 Å². The van der Waals surface area contributed by atoms with Gasteiger partial charge in [0, 0.05) is 51.9 Å². The molecule has 3 fully saturated rings. The predicted molar refractivity (Wildman–Crippen MR) is 110 cm³/mol. The lowest BCUT2D eigenvalue weighted by molar-refractivity contribution is -0.144. The van der Waals surface area contributed by atoms with Crippen molar-refractivity contribution in [3.63, 3.8) is 0 Å². The third kappa shape index (κ3) is 3.63. The summed E-state index contributed by atoms with van der Waals surface area (Å²) in [5.41, 5.74) is 5.85. The van der Waals surface area contributed by atoms with Crippen molar-refractivity contribution in [2.75, 3.05) is 46.1 Å². The van der Waals surface area contributed by atoms with Crippen LogP contribution in [0.25, 0.3) is 0 Å². The molecule has 1 aromatic rings. The second-order valence-electron chi connectivity index (χ2n) is 8.99. The molecule has 2 saturated heterocycles. The number of likely N-dealkylation sites (tertiary alicyclic amines) is 1. The van der Waals surface area contributed by atoms with Gasteiger partial charge >= 0.3 is 0 Å². The van der Waals surface area contributed by atoms with Gasteiger partial charge in [-0.3, -0.25) is 19.4 Å². The molecule has 0 bridgehead atoms. The zero-order valence-corrected chi connectivity index (χ0v) is 17.3. The van der Waals surface area contributed by atoms with Crippen molar-refractivity contribution in [3.05, 3.63) is 23.8 Å². The number of amides is 2. The second-order valence-corrected chi connectivity index (χ2v) is 8.99. The van der Waals surface area contributed by atoms with Crippen LogP contribution in [0.5, 0.6) is 11.5 Å². The molecule has 5 rings (SSSR count). The summed E-state index contributed by atoms with van der Waals surface area (Å²) in [6.07, 6.45) is 3.32. The van der Waals surface area contributed by atoms with Gasteiger partial charge in [-0.1, -0.05) is 6.07 Å². The number of rotatable bonds is 5. The average molecular weight is 415 g/mol. The lowest BCUT2D eigenvalue weighted by Crippen LogP contribution is -2.57. The van der Waals surface area contributed by atoms with Gasteiger partial charge < -0.3 is 20.1 Å². The van der Waals surface area contributed by atoms with Crippen LogP contribution in [-0.4, -0.2) is 78.6 Å². The number of ether oxygens (including phenoxy) is 2. The van der Waals surface area contributed by atoms with Crippen LogP contribution in [0.2, 0.25) is 0 Å². The molecule has 1 atom stereocenters. The van der Waals surface area contributed by atoms with Gasteiger partial charge in [-0.2, -0.15) is 0 Å². The van der Waals surface area contributed by atoms with Crippen LogP contribution < -0.4 is 15.2 Å². The summed E-state index contributed by atoms with van der Waals surface area (Å²) in [7, 11) is 0. The Morgan fingerprint density at radius 2 is 1.83 bits per heavy atom. The number of carbonyl (C=O) groups excluding carboxylic acids is 2. The summed E-state index contributed by atoms with van der Waals surface area (Å²) in [5.74, 6) is 1.17. The molecule has 0 aromatic heterocycles. The molecule has 0 radical (unpaired) electrons. The Bertz CT molecular complexity index is 832. The van der Waals surface area contributed by atoms with Gasteiger partial charge in [0.15, 0.2) is 11.5 Å². The summed E-state index contributed by atoms with van der Waals surface area (Å²) in [4.78, 5) is 31.5. The van der Waals surface area contributed by atoms with Crippen LogP contribution in [0, 0.1) is 5.41 Å². The van der Waals surface area contributed by atoms with E-state index in [4.69, 9.17) is 15.2 Å². The number of hydrogen-bond acceptors (Lipinski definition) is 6. The maximum atomic E-state index is 12.9. The first-order chi connectivity index (χ1) is 14.5. The Morgan fingerprint density at radius 3 is 2.57 bits per heavy atom. The summed E-state index contributed by atoms with van der Waals surface area (Å²) >= 11 is 0. The minimum absolute atomic E-state index is 0.0406. The summed E-state index contributed by atoms with van der Waals surface area (Å²) in [6, 6.07) is 6.54. The van der Waals surface area contributed by atoms with E-state index in [0.717, 1.165) is 70.2 Å². The quantitative estimate of drug-likeness (QED) is 0.717. The third-order valence-electron chi connectivity index (χ3n) is 7.08. The summed E-state index contributed by atoms with van der Waals surface area (Å²) in [5, 5.41) is 0. The highest BCUT2D eigenvalue weighted by Crippen LogP contribution is 2.47. The van der Waals surface area contributed by atoms with Crippen molar-refractivity contribution in [2.24, 2.45) is 11.1 Å². The van der Waals surface area contributed by atoms with Crippen LogP contribution in [-0.2, 0) is 16.1 Å². The van der Waals surface area contributed by atoms with E-state index in [2.05, 4.69) is 21.9 Å². The first-order valence-corrected chi connectivity index (χ1v) is 11.0. The fourth-order valence-corrected chi connectivity index (χ4v) is 5.01. The number of nitrogens with zero attached hydrogens (tertiary/aromatic N) is 3. The number of nitrogens with two attached hydrogens (primary N) is 1. The van der Waals surface area contributed by atoms with Crippen molar-refractivity contribution in [1.82, 2.24) is 14.7 Å². The molecule has 30 heavy (non-hydrogen) atoms. The van der Waals surface area contributed by atoms with Gasteiger partial charge in [-0.25, -0.2) is 0 Å². The van der Waals surface area contributed by atoms with Crippen molar-refractivity contribution in [1.29, 1.82) is 0 Å². The maximum Gasteiger partial charge on any atom is 0.238 e. The number of benzene rings is 1. The molecular weight excluding hydrogens is 384 g/mol. The fraction of sp³-hybridized carbons (Fsp3) is 0.636. The second kappa shape index (κ2) is 7.74. The van der Waals surface area contributed by atoms with Gasteiger partial charge in [-0.05, 0) is 43.4 Å². The molecule has 3 heterocycles. The highest BCUT2D eigenvalue weighted by atomic mass is 16.7. The fourth-order valence-electron chi connectivity index (χ4n) is 5.01. The van der Waals surface area contributed by atoms with Crippen LogP contribution in [0.1, 0.15) is 31.2 Å². The molecule has 0 spiro atoms. The normalized spacial score (nSPS) is 25.9. The number of piperidine rings is 1. The zero-order chi connectivity index (χ0) is 20.7. The topological polar surface area (TPSA) is 88.3 Å². The number of piperazine rings is 1. The Morgan fingerprint density at radius 1 is 1.07 bits per heavy atom. The number of carbonyl (C=O) groups is 2. The van der Waals surface area contributed by atoms with Crippen LogP contribution in [0.3, 0.4) is 0 Å². The molecule has 2 amide bonds. The molecule has 1 saturated carbocycles. The Balaban J connectivity index is 1.14. The molecule has 1 aliphatic carbocycles. The highest BCUT2D eigenvalue weighted by Gasteiger charge is 2.57. The third-order valence-corrected chi connectivity index (χ3v) is 7.08. The lowest BCUT2D eigenvalue weighted by Gasteiger charge is -2.44. The Hall–Kier alpha value is -2.32. The molecule has 1 aromatic carbocycles. The standard InChI is InChI=1S/C22H30N4O4/c23-20(27)22(5-6-22)21(28)26-7-1-2-17(14-26)25-10-8-24(9-11-25)13-16-3-4-18-19(12-16)30-15-29-18/h3-4,12,17H,1-2,5-11,13-15H2,(H2,23,27). The van der Waals surface area contributed by atoms with Crippen LogP contribution in [0.15, 0.2) is 18.2 Å². The zero-order valence-electron chi connectivity index (χ0n) is 17.3. The molecule has 1 unspecified atom stereocenters. The summed E-state index contributed by atoms with van der Waals surface area (Å²) < 4.78 is 10.9. The van der Waals surface area contributed by atoms with Crippen molar-refractivity contribution in [2.45, 2.75) is 38.3 Å². The smallest absolute Gasteiger partial charge is 0.238 e. The van der Waals surface area contributed by atoms with Crippen molar-refractivity contribution < 1.29 is 19.1 Å². The van der Waals surface area contributed by atoms with E-state index in [9.17, 15) is 9.59 Å². The van der Waals surface area contributed by atoms with Gasteiger partial charge in [-0.15, -0.1) is 0 Å². The first kappa shape index (κ1) is 19.6. The SMILES string of the molecule is NC(=O)C1(C(=O)N2CCCC(N3CCN(Cc4ccc5c(c4)OCO5)CC3)C2)CC1.